The molecule has 26 heavy (non-hydrogen) atoms. The molecule has 7 nitrogen and oxygen atoms in total. The molecular formula is C19H21N5O2. The molecule has 1 aromatic carbocycles. The van der Waals surface area contributed by atoms with E-state index in [9.17, 15) is 4.79 Å². The van der Waals surface area contributed by atoms with Crippen molar-refractivity contribution in [3.63, 3.8) is 0 Å². The number of rotatable bonds is 4. The van der Waals surface area contributed by atoms with E-state index in [1.54, 1.807) is 60.5 Å². The number of hydrogen-bond acceptors (Lipinski definition) is 5. The van der Waals surface area contributed by atoms with Crippen molar-refractivity contribution in [3.8, 4) is 17.4 Å². The maximum Gasteiger partial charge on any atom is 0.229 e. The number of ether oxygens (including phenoxy) is 1. The molecular weight excluding hydrogens is 330 g/mol. The number of imidazole rings is 1. The van der Waals surface area contributed by atoms with Gasteiger partial charge >= 0.3 is 0 Å². The number of nitrogens with zero attached hydrogens (tertiary/aromatic N) is 4. The summed E-state index contributed by atoms with van der Waals surface area (Å²) in [6.07, 6.45) is 5.15. The van der Waals surface area contributed by atoms with Crippen LogP contribution >= 0.6 is 0 Å². The van der Waals surface area contributed by atoms with E-state index in [2.05, 4.69) is 20.3 Å². The summed E-state index contributed by atoms with van der Waals surface area (Å²) < 4.78 is 7.61. The van der Waals surface area contributed by atoms with Crippen LogP contribution in [0.15, 0.2) is 49.1 Å². The lowest BCUT2D eigenvalue weighted by Crippen LogP contribution is -2.27. The summed E-state index contributed by atoms with van der Waals surface area (Å²) >= 11 is 0. The second-order valence-electron chi connectivity index (χ2n) is 6.91. The van der Waals surface area contributed by atoms with Gasteiger partial charge in [0.05, 0.1) is 0 Å². The van der Waals surface area contributed by atoms with E-state index in [-0.39, 0.29) is 5.91 Å². The zero-order valence-electron chi connectivity index (χ0n) is 15.2. The Kier molecular flexibility index (Phi) is 4.71. The fourth-order valence-corrected chi connectivity index (χ4v) is 2.15. The van der Waals surface area contributed by atoms with Crippen molar-refractivity contribution >= 4 is 11.6 Å². The van der Waals surface area contributed by atoms with Gasteiger partial charge in [0, 0.05) is 29.6 Å². The zero-order chi connectivity index (χ0) is 18.7. The fraction of sp³-hybridized carbons (Fsp3) is 0.263. The molecule has 0 aliphatic carbocycles. The average molecular weight is 351 g/mol. The number of aromatic nitrogens is 4. The smallest absolute Gasteiger partial charge is 0.229 e. The predicted octanol–water partition coefficient (Wildman–Crippen LogP) is 3.75. The second-order valence-corrected chi connectivity index (χ2v) is 6.91. The van der Waals surface area contributed by atoms with E-state index >= 15 is 0 Å². The van der Waals surface area contributed by atoms with Gasteiger partial charge in [-0.2, -0.15) is 4.98 Å². The Morgan fingerprint density at radius 3 is 2.50 bits per heavy atom. The van der Waals surface area contributed by atoms with Crippen molar-refractivity contribution in [3.05, 3.63) is 54.9 Å². The lowest BCUT2D eigenvalue weighted by molar-refractivity contribution is -0.123. The summed E-state index contributed by atoms with van der Waals surface area (Å²) in [5, 5.41) is 2.88. The standard InChI is InChI=1S/C19H21N5O2/c1-13-21-16(24-10-9-20-12-24)11-17(22-13)26-15-7-5-14(6-8-15)23-18(25)19(2,3)4/h5-12H,1-4H3,(H,23,25). The molecule has 0 spiro atoms. The number of nitrogens with one attached hydrogen (secondary N) is 1. The topological polar surface area (TPSA) is 81.9 Å². The summed E-state index contributed by atoms with van der Waals surface area (Å²) in [4.78, 5) is 24.7. The van der Waals surface area contributed by atoms with Crippen LogP contribution in [0, 0.1) is 12.3 Å². The number of amides is 1. The number of carbonyl (C=O) groups is 1. The number of aryl methyl sites for hydroxylation is 1. The van der Waals surface area contributed by atoms with Gasteiger partial charge in [0.2, 0.25) is 11.8 Å². The molecule has 0 radical (unpaired) electrons. The summed E-state index contributed by atoms with van der Waals surface area (Å²) in [6, 6.07) is 8.90. The molecule has 0 aliphatic heterocycles. The highest BCUT2D eigenvalue weighted by Crippen LogP contribution is 2.24. The number of hydrogen-bond donors (Lipinski definition) is 1. The Bertz CT molecular complexity index is 897. The molecule has 1 N–H and O–H groups in total. The lowest BCUT2D eigenvalue weighted by atomic mass is 9.95. The Morgan fingerprint density at radius 1 is 1.15 bits per heavy atom. The van der Waals surface area contributed by atoms with Crippen molar-refractivity contribution in [2.75, 3.05) is 5.32 Å². The fourth-order valence-electron chi connectivity index (χ4n) is 2.15. The Balaban J connectivity index is 1.74. The number of benzene rings is 1. The highest BCUT2D eigenvalue weighted by molar-refractivity contribution is 5.94. The van der Waals surface area contributed by atoms with Crippen LogP contribution in [0.1, 0.15) is 26.6 Å². The Hall–Kier alpha value is -3.22. The lowest BCUT2D eigenvalue weighted by Gasteiger charge is -2.17. The van der Waals surface area contributed by atoms with Crippen LogP contribution in [0.25, 0.3) is 5.82 Å². The quantitative estimate of drug-likeness (QED) is 0.774. The third-order valence-electron chi connectivity index (χ3n) is 3.59. The van der Waals surface area contributed by atoms with Gasteiger partial charge in [-0.1, -0.05) is 20.8 Å². The SMILES string of the molecule is Cc1nc(Oc2ccc(NC(=O)C(C)(C)C)cc2)cc(-n2ccnc2)n1. The van der Waals surface area contributed by atoms with E-state index in [0.717, 1.165) is 5.69 Å². The largest absolute Gasteiger partial charge is 0.439 e. The first-order chi connectivity index (χ1) is 12.3. The monoisotopic (exact) mass is 351 g/mol. The number of carbonyl (C=O) groups excluding carboxylic acids is 1. The molecule has 0 fully saturated rings. The van der Waals surface area contributed by atoms with Crippen LogP contribution in [-0.2, 0) is 4.79 Å². The molecule has 3 aromatic rings. The third-order valence-corrected chi connectivity index (χ3v) is 3.59. The van der Waals surface area contributed by atoms with Crippen LogP contribution in [0.3, 0.4) is 0 Å². The van der Waals surface area contributed by atoms with Crippen LogP contribution in [0.4, 0.5) is 5.69 Å². The summed E-state index contributed by atoms with van der Waals surface area (Å²) in [5.74, 6) is 2.29. The highest BCUT2D eigenvalue weighted by Gasteiger charge is 2.21. The maximum absolute atomic E-state index is 12.0. The highest BCUT2D eigenvalue weighted by atomic mass is 16.5. The molecule has 0 aliphatic rings. The van der Waals surface area contributed by atoms with Gasteiger partial charge in [0.15, 0.2) is 0 Å². The number of anilines is 1. The minimum atomic E-state index is -0.447. The molecule has 0 saturated heterocycles. The van der Waals surface area contributed by atoms with E-state index in [1.807, 2.05) is 20.8 Å². The van der Waals surface area contributed by atoms with Crippen molar-refractivity contribution in [1.29, 1.82) is 0 Å². The Labute approximate surface area is 152 Å². The molecule has 1 amide bonds. The summed E-state index contributed by atoms with van der Waals surface area (Å²) in [5.41, 5.74) is 0.271. The molecule has 0 atom stereocenters. The van der Waals surface area contributed by atoms with Gasteiger partial charge in [0.1, 0.15) is 23.7 Å². The van der Waals surface area contributed by atoms with Gasteiger partial charge in [-0.3, -0.25) is 9.36 Å². The van der Waals surface area contributed by atoms with Crippen LogP contribution in [0.5, 0.6) is 11.6 Å². The van der Waals surface area contributed by atoms with Crippen LogP contribution in [-0.4, -0.2) is 25.4 Å². The molecule has 2 heterocycles. The first kappa shape index (κ1) is 17.6. The molecule has 0 saturated carbocycles. The maximum atomic E-state index is 12.0. The van der Waals surface area contributed by atoms with Crippen molar-refractivity contribution in [1.82, 2.24) is 19.5 Å². The van der Waals surface area contributed by atoms with Crippen LogP contribution < -0.4 is 10.1 Å². The second kappa shape index (κ2) is 6.95. The molecule has 3 rings (SSSR count). The minimum Gasteiger partial charge on any atom is -0.439 e. The van der Waals surface area contributed by atoms with Gasteiger partial charge in [-0.15, -0.1) is 0 Å². The van der Waals surface area contributed by atoms with E-state index in [0.29, 0.717) is 23.3 Å². The summed E-state index contributed by atoms with van der Waals surface area (Å²) in [6.45, 7) is 7.41. The van der Waals surface area contributed by atoms with Gasteiger partial charge in [-0.05, 0) is 31.2 Å². The van der Waals surface area contributed by atoms with Crippen molar-refractivity contribution in [2.45, 2.75) is 27.7 Å². The first-order valence-corrected chi connectivity index (χ1v) is 8.25. The molecule has 2 aromatic heterocycles. The van der Waals surface area contributed by atoms with E-state index in [4.69, 9.17) is 4.74 Å². The predicted molar refractivity (Wildman–Crippen MR) is 98.5 cm³/mol. The minimum absolute atomic E-state index is 0.0393. The molecule has 134 valence electrons. The summed E-state index contributed by atoms with van der Waals surface area (Å²) in [7, 11) is 0. The van der Waals surface area contributed by atoms with Crippen molar-refractivity contribution in [2.24, 2.45) is 5.41 Å². The third kappa shape index (κ3) is 4.24. The Morgan fingerprint density at radius 2 is 1.88 bits per heavy atom. The molecule has 0 bridgehead atoms. The first-order valence-electron chi connectivity index (χ1n) is 8.25. The molecule has 7 heteroatoms. The normalized spacial score (nSPS) is 11.2. The van der Waals surface area contributed by atoms with E-state index < -0.39 is 5.41 Å². The molecule has 0 unspecified atom stereocenters. The van der Waals surface area contributed by atoms with E-state index in [1.165, 1.54) is 0 Å². The van der Waals surface area contributed by atoms with Gasteiger partial charge in [-0.25, -0.2) is 9.97 Å². The van der Waals surface area contributed by atoms with Crippen molar-refractivity contribution < 1.29 is 9.53 Å². The van der Waals surface area contributed by atoms with Crippen LogP contribution in [0.2, 0.25) is 0 Å². The zero-order valence-corrected chi connectivity index (χ0v) is 15.2. The average Bonchev–Trinajstić information content (AvgIpc) is 3.10. The van der Waals surface area contributed by atoms with Gasteiger partial charge in [0.25, 0.3) is 0 Å². The van der Waals surface area contributed by atoms with Gasteiger partial charge < -0.3 is 10.1 Å².